The molecular formula is C10H12BrFN2O3S. The Bertz CT molecular complexity index is 558. The quantitative estimate of drug-likeness (QED) is 0.835. The second-order valence-electron chi connectivity index (χ2n) is 3.89. The topological polar surface area (TPSA) is 72.6 Å². The predicted octanol–water partition coefficient (Wildman–Crippen LogP) is 1.89. The summed E-state index contributed by atoms with van der Waals surface area (Å²) in [5.74, 6) is -0.863. The van der Waals surface area contributed by atoms with Crippen molar-refractivity contribution in [3.63, 3.8) is 0 Å². The van der Waals surface area contributed by atoms with Crippen LogP contribution in [0.4, 0.5) is 10.1 Å². The molecule has 1 heterocycles. The van der Waals surface area contributed by atoms with Crippen LogP contribution in [0, 0.1) is 5.82 Å². The van der Waals surface area contributed by atoms with Gasteiger partial charge >= 0.3 is 0 Å². The minimum Gasteiger partial charge on any atom is -0.399 e. The predicted molar refractivity (Wildman–Crippen MR) is 67.6 cm³/mol. The molecule has 2 rings (SSSR count). The van der Waals surface area contributed by atoms with Crippen LogP contribution in [0.15, 0.2) is 21.5 Å². The molecular weight excluding hydrogens is 327 g/mol. The molecule has 8 heteroatoms. The van der Waals surface area contributed by atoms with E-state index in [1.165, 1.54) is 6.07 Å². The maximum atomic E-state index is 13.9. The van der Waals surface area contributed by atoms with E-state index in [1.807, 2.05) is 0 Å². The molecule has 0 aromatic heterocycles. The lowest BCUT2D eigenvalue weighted by molar-refractivity contribution is -0.109. The molecule has 0 unspecified atom stereocenters. The molecule has 1 fully saturated rings. The fourth-order valence-electron chi connectivity index (χ4n) is 1.64. The highest BCUT2D eigenvalue weighted by Gasteiger charge is 2.31. The Balaban J connectivity index is 2.46. The lowest BCUT2D eigenvalue weighted by atomic mass is 10.3. The van der Waals surface area contributed by atoms with Gasteiger partial charge in [-0.05, 0) is 40.9 Å². The normalized spacial score (nSPS) is 17.9. The Morgan fingerprint density at radius 3 is 2.72 bits per heavy atom. The molecule has 1 saturated heterocycles. The average molecular weight is 339 g/mol. The summed E-state index contributed by atoms with van der Waals surface area (Å²) in [6.07, 6.45) is 1.47. The third-order valence-electron chi connectivity index (χ3n) is 2.53. The van der Waals surface area contributed by atoms with Crippen LogP contribution in [0.25, 0.3) is 0 Å². The number of hydrogen-bond acceptors (Lipinski definition) is 4. The highest BCUT2D eigenvalue weighted by atomic mass is 79.9. The van der Waals surface area contributed by atoms with E-state index in [1.54, 1.807) is 0 Å². The van der Waals surface area contributed by atoms with Crippen molar-refractivity contribution >= 4 is 31.6 Å². The lowest BCUT2D eigenvalue weighted by Gasteiger charge is -2.25. The van der Waals surface area contributed by atoms with Crippen LogP contribution in [-0.2, 0) is 14.9 Å². The summed E-state index contributed by atoms with van der Waals surface area (Å²) in [6, 6.07) is 2.40. The van der Waals surface area contributed by atoms with Crippen molar-refractivity contribution < 1.29 is 17.6 Å². The zero-order valence-electron chi connectivity index (χ0n) is 9.40. The number of sulfonamides is 1. The molecule has 0 spiro atoms. The van der Waals surface area contributed by atoms with Gasteiger partial charge in [0.05, 0.1) is 11.1 Å². The SMILES string of the molecule is Nc1cc(Br)c(F)c(S(=O)(=O)N2CCCCO2)c1. The van der Waals surface area contributed by atoms with Crippen LogP contribution in [0.2, 0.25) is 0 Å². The van der Waals surface area contributed by atoms with Gasteiger partial charge in [0.1, 0.15) is 4.90 Å². The molecule has 0 atom stereocenters. The van der Waals surface area contributed by atoms with E-state index in [2.05, 4.69) is 15.9 Å². The third kappa shape index (κ3) is 2.51. The Hall–Kier alpha value is -0.700. The van der Waals surface area contributed by atoms with E-state index in [0.717, 1.165) is 17.0 Å². The molecule has 1 aliphatic heterocycles. The smallest absolute Gasteiger partial charge is 0.268 e. The molecule has 1 aromatic carbocycles. The summed E-state index contributed by atoms with van der Waals surface area (Å²) in [6.45, 7) is 0.526. The zero-order valence-corrected chi connectivity index (χ0v) is 11.8. The fraction of sp³-hybridized carbons (Fsp3) is 0.400. The van der Waals surface area contributed by atoms with Gasteiger partial charge in [-0.25, -0.2) is 12.8 Å². The lowest BCUT2D eigenvalue weighted by Crippen LogP contribution is -2.36. The second-order valence-corrected chi connectivity index (χ2v) is 6.54. The van der Waals surface area contributed by atoms with E-state index < -0.39 is 20.7 Å². The van der Waals surface area contributed by atoms with E-state index in [9.17, 15) is 12.8 Å². The fourth-order valence-corrected chi connectivity index (χ4v) is 3.68. The van der Waals surface area contributed by atoms with Gasteiger partial charge in [-0.15, -0.1) is 0 Å². The molecule has 1 aromatic rings. The minimum absolute atomic E-state index is 0.0121. The Labute approximate surface area is 113 Å². The molecule has 0 aliphatic carbocycles. The summed E-state index contributed by atoms with van der Waals surface area (Å²) < 4.78 is 39.1. The summed E-state index contributed by atoms with van der Waals surface area (Å²) in [5.41, 5.74) is 5.70. The monoisotopic (exact) mass is 338 g/mol. The minimum atomic E-state index is -4.01. The van der Waals surface area contributed by atoms with Crippen LogP contribution in [-0.4, -0.2) is 26.0 Å². The van der Waals surface area contributed by atoms with Gasteiger partial charge in [0.25, 0.3) is 10.0 Å². The molecule has 1 aliphatic rings. The summed E-state index contributed by atoms with van der Waals surface area (Å²) in [5, 5.41) is 0. The van der Waals surface area contributed by atoms with Crippen molar-refractivity contribution in [2.75, 3.05) is 18.9 Å². The van der Waals surface area contributed by atoms with Crippen molar-refractivity contribution in [3.05, 3.63) is 22.4 Å². The van der Waals surface area contributed by atoms with E-state index in [0.29, 0.717) is 13.0 Å². The van der Waals surface area contributed by atoms with Crippen molar-refractivity contribution in [1.82, 2.24) is 4.47 Å². The molecule has 5 nitrogen and oxygen atoms in total. The maximum Gasteiger partial charge on any atom is 0.268 e. The van der Waals surface area contributed by atoms with E-state index in [4.69, 9.17) is 10.6 Å². The first-order valence-electron chi connectivity index (χ1n) is 5.33. The second kappa shape index (κ2) is 5.12. The Kier molecular flexibility index (Phi) is 3.90. The van der Waals surface area contributed by atoms with Crippen molar-refractivity contribution in [2.45, 2.75) is 17.7 Å². The molecule has 0 bridgehead atoms. The molecule has 18 heavy (non-hydrogen) atoms. The molecule has 0 saturated carbocycles. The zero-order chi connectivity index (χ0) is 13.3. The number of halogens is 2. The van der Waals surface area contributed by atoms with Gasteiger partial charge in [-0.2, -0.15) is 0 Å². The first-order chi connectivity index (χ1) is 8.43. The van der Waals surface area contributed by atoms with Crippen LogP contribution < -0.4 is 5.73 Å². The molecule has 0 radical (unpaired) electrons. The van der Waals surface area contributed by atoms with Gasteiger partial charge in [-0.1, -0.05) is 4.47 Å². The summed E-state index contributed by atoms with van der Waals surface area (Å²) >= 11 is 2.93. The van der Waals surface area contributed by atoms with Crippen LogP contribution in [0.3, 0.4) is 0 Å². The largest absolute Gasteiger partial charge is 0.399 e. The van der Waals surface area contributed by atoms with Crippen LogP contribution >= 0.6 is 15.9 Å². The van der Waals surface area contributed by atoms with Crippen LogP contribution in [0.1, 0.15) is 12.8 Å². The molecule has 0 amide bonds. The standard InChI is InChI=1S/C10H12BrFN2O3S/c11-8-5-7(13)6-9(10(8)12)18(15,16)14-3-1-2-4-17-14/h5-6H,1-4,13H2. The number of rotatable bonds is 2. The van der Waals surface area contributed by atoms with Gasteiger partial charge < -0.3 is 5.73 Å². The highest BCUT2D eigenvalue weighted by Crippen LogP contribution is 2.29. The third-order valence-corrected chi connectivity index (χ3v) is 4.79. The van der Waals surface area contributed by atoms with E-state index in [-0.39, 0.29) is 16.7 Å². The van der Waals surface area contributed by atoms with Crippen molar-refractivity contribution in [3.8, 4) is 0 Å². The number of hydroxylamine groups is 1. The first kappa shape index (κ1) is 13.7. The highest BCUT2D eigenvalue weighted by molar-refractivity contribution is 9.10. The van der Waals surface area contributed by atoms with Crippen LogP contribution in [0.5, 0.6) is 0 Å². The number of nitrogen functional groups attached to an aromatic ring is 1. The van der Waals surface area contributed by atoms with Gasteiger partial charge in [0.2, 0.25) is 0 Å². The maximum absolute atomic E-state index is 13.9. The van der Waals surface area contributed by atoms with Gasteiger partial charge in [0, 0.05) is 12.2 Å². The summed E-state index contributed by atoms with van der Waals surface area (Å²) in [7, 11) is -4.01. The number of nitrogens with zero attached hydrogens (tertiary/aromatic N) is 1. The Morgan fingerprint density at radius 2 is 2.11 bits per heavy atom. The van der Waals surface area contributed by atoms with Gasteiger partial charge in [-0.3, -0.25) is 4.84 Å². The average Bonchev–Trinajstić information content (AvgIpc) is 2.34. The van der Waals surface area contributed by atoms with Crippen molar-refractivity contribution in [2.24, 2.45) is 0 Å². The Morgan fingerprint density at radius 1 is 1.39 bits per heavy atom. The summed E-state index contributed by atoms with van der Waals surface area (Å²) in [4.78, 5) is 4.58. The number of benzene rings is 1. The van der Waals surface area contributed by atoms with Gasteiger partial charge in [0.15, 0.2) is 5.82 Å². The molecule has 100 valence electrons. The van der Waals surface area contributed by atoms with Crippen molar-refractivity contribution in [1.29, 1.82) is 0 Å². The first-order valence-corrected chi connectivity index (χ1v) is 7.56. The number of nitrogens with two attached hydrogens (primary N) is 1. The van der Waals surface area contributed by atoms with E-state index >= 15 is 0 Å². The number of anilines is 1. The molecule has 2 N–H and O–H groups in total. The number of hydrogen-bond donors (Lipinski definition) is 1.